The first-order valence-electron chi connectivity index (χ1n) is 12.8. The molecule has 0 saturated carbocycles. The van der Waals surface area contributed by atoms with Crippen LogP contribution in [0.25, 0.3) is 0 Å². The summed E-state index contributed by atoms with van der Waals surface area (Å²) in [6.07, 6.45) is 7.62. The van der Waals surface area contributed by atoms with E-state index in [0.717, 1.165) is 39.3 Å². The van der Waals surface area contributed by atoms with Crippen molar-refractivity contribution in [2.75, 3.05) is 52.5 Å². The van der Waals surface area contributed by atoms with Gasteiger partial charge in [0.25, 0.3) is 0 Å². The van der Waals surface area contributed by atoms with Crippen LogP contribution in [0.2, 0.25) is 0 Å². The molecule has 0 bridgehead atoms. The van der Waals surface area contributed by atoms with Crippen molar-refractivity contribution in [1.82, 2.24) is 9.80 Å². The topological polar surface area (TPSA) is 90.6 Å². The van der Waals surface area contributed by atoms with Gasteiger partial charge in [-0.05, 0) is 88.3 Å². The molecule has 2 saturated heterocycles. The van der Waals surface area contributed by atoms with Crippen molar-refractivity contribution in [3.8, 4) is 11.5 Å². The second-order valence-corrected chi connectivity index (χ2v) is 9.57. The van der Waals surface area contributed by atoms with Crippen LogP contribution in [-0.2, 0) is 0 Å². The molecule has 0 radical (unpaired) electrons. The van der Waals surface area contributed by atoms with E-state index in [0.29, 0.717) is 47.0 Å². The van der Waals surface area contributed by atoms with Crippen molar-refractivity contribution in [2.24, 2.45) is 0 Å². The first-order valence-corrected chi connectivity index (χ1v) is 12.8. The summed E-state index contributed by atoms with van der Waals surface area (Å²) in [5.41, 5.74) is 1.72. The molecule has 37 heavy (non-hydrogen) atoms. The number of nitrogens with zero attached hydrogens (tertiary/aromatic N) is 2. The van der Waals surface area contributed by atoms with Crippen molar-refractivity contribution < 1.29 is 24.5 Å². The van der Waals surface area contributed by atoms with E-state index in [1.807, 2.05) is 0 Å². The molecule has 2 N–H and O–H groups in total. The standard InChI is InChI=1S/C28H34N2O4.2ClH.H2O/c31-27-23-9-7-21(33-17-15-29-11-3-1-4-12-29)19-25(23)28(32)26-20-22(8-10-24(26)27)34-18-16-30-13-5-2-6-14-30;;;/h7-10,19-20H,1-6,11-18H2;2*1H;1H2. The van der Waals surface area contributed by atoms with E-state index >= 15 is 0 Å². The van der Waals surface area contributed by atoms with Crippen LogP contribution in [0.4, 0.5) is 0 Å². The number of ether oxygens (including phenoxy) is 2. The van der Waals surface area contributed by atoms with Crippen LogP contribution in [0.15, 0.2) is 36.4 Å². The quantitative estimate of drug-likeness (QED) is 0.415. The van der Waals surface area contributed by atoms with E-state index in [-0.39, 0.29) is 41.9 Å². The number of benzene rings is 2. The lowest BCUT2D eigenvalue weighted by Crippen LogP contribution is -2.33. The van der Waals surface area contributed by atoms with Crippen LogP contribution < -0.4 is 9.47 Å². The van der Waals surface area contributed by atoms with E-state index in [4.69, 9.17) is 9.47 Å². The van der Waals surface area contributed by atoms with Gasteiger partial charge < -0.3 is 14.9 Å². The number of carbonyl (C=O) groups is 2. The molecule has 2 heterocycles. The number of hydrogen-bond acceptors (Lipinski definition) is 6. The van der Waals surface area contributed by atoms with Gasteiger partial charge in [-0.25, -0.2) is 0 Å². The molecule has 0 amide bonds. The zero-order valence-corrected chi connectivity index (χ0v) is 22.8. The normalized spacial score (nSPS) is 17.4. The third-order valence-corrected chi connectivity index (χ3v) is 7.21. The molecule has 0 aromatic heterocycles. The number of piperidine rings is 2. The minimum atomic E-state index is -0.146. The lowest BCUT2D eigenvalue weighted by molar-refractivity contribution is 0.0978. The van der Waals surface area contributed by atoms with E-state index in [1.54, 1.807) is 36.4 Å². The summed E-state index contributed by atoms with van der Waals surface area (Å²) < 4.78 is 11.9. The fourth-order valence-corrected chi connectivity index (χ4v) is 5.24. The minimum absolute atomic E-state index is 0. The number of hydrogen-bond donors (Lipinski definition) is 0. The first kappa shape index (κ1) is 31.1. The number of rotatable bonds is 8. The molecule has 0 unspecified atom stereocenters. The average Bonchev–Trinajstić information content (AvgIpc) is 2.88. The fourth-order valence-electron chi connectivity index (χ4n) is 5.24. The van der Waals surface area contributed by atoms with Crippen molar-refractivity contribution in [3.63, 3.8) is 0 Å². The van der Waals surface area contributed by atoms with Crippen molar-refractivity contribution in [1.29, 1.82) is 0 Å². The molecule has 5 rings (SSSR count). The zero-order valence-electron chi connectivity index (χ0n) is 21.2. The second kappa shape index (κ2) is 14.7. The lowest BCUT2D eigenvalue weighted by atomic mass is 9.84. The van der Waals surface area contributed by atoms with Crippen LogP contribution in [-0.4, -0.2) is 79.3 Å². The Hall–Kier alpha value is -2.16. The molecule has 0 spiro atoms. The van der Waals surface area contributed by atoms with Gasteiger partial charge in [-0.15, -0.1) is 24.8 Å². The number of likely N-dealkylation sites (tertiary alicyclic amines) is 2. The van der Waals surface area contributed by atoms with Crippen LogP contribution >= 0.6 is 24.8 Å². The molecule has 204 valence electrons. The van der Waals surface area contributed by atoms with Crippen LogP contribution in [0, 0.1) is 0 Å². The predicted octanol–water partition coefficient (Wildman–Crippen LogP) is 4.21. The monoisotopic (exact) mass is 552 g/mol. The maximum absolute atomic E-state index is 13.3. The third-order valence-electron chi connectivity index (χ3n) is 7.21. The summed E-state index contributed by atoms with van der Waals surface area (Å²) in [7, 11) is 0. The highest BCUT2D eigenvalue weighted by atomic mass is 35.5. The predicted molar refractivity (Wildman–Crippen MR) is 149 cm³/mol. The van der Waals surface area contributed by atoms with Gasteiger partial charge in [0.2, 0.25) is 0 Å². The molecule has 2 aromatic carbocycles. The highest BCUT2D eigenvalue weighted by Gasteiger charge is 2.30. The number of halogens is 2. The number of fused-ring (bicyclic) bond motifs is 2. The summed E-state index contributed by atoms with van der Waals surface area (Å²) in [6, 6.07) is 10.5. The van der Waals surface area contributed by atoms with E-state index in [9.17, 15) is 9.59 Å². The fraction of sp³-hybridized carbons (Fsp3) is 0.500. The van der Waals surface area contributed by atoms with E-state index in [1.165, 1.54) is 38.5 Å². The van der Waals surface area contributed by atoms with Crippen LogP contribution in [0.3, 0.4) is 0 Å². The van der Waals surface area contributed by atoms with Crippen molar-refractivity contribution in [2.45, 2.75) is 38.5 Å². The Labute approximate surface area is 231 Å². The Morgan fingerprint density at radius 3 is 1.35 bits per heavy atom. The van der Waals surface area contributed by atoms with Gasteiger partial charge in [0.1, 0.15) is 24.7 Å². The molecule has 1 aliphatic carbocycles. The van der Waals surface area contributed by atoms with Gasteiger partial charge in [0, 0.05) is 35.3 Å². The molecule has 7 nitrogen and oxygen atoms in total. The zero-order chi connectivity index (χ0) is 23.3. The molecule has 0 atom stereocenters. The SMILES string of the molecule is Cl.Cl.O.O=C1c2ccc(OCCN3CCCCC3)cc2C(=O)c2cc(OCCN3CCCCC3)ccc21. The minimum Gasteiger partial charge on any atom is -0.492 e. The summed E-state index contributed by atoms with van der Waals surface area (Å²) >= 11 is 0. The van der Waals surface area contributed by atoms with Gasteiger partial charge in [-0.2, -0.15) is 0 Å². The number of carbonyl (C=O) groups excluding carboxylic acids is 2. The second-order valence-electron chi connectivity index (χ2n) is 9.57. The average molecular weight is 554 g/mol. The smallest absolute Gasteiger partial charge is 0.194 e. The van der Waals surface area contributed by atoms with Gasteiger partial charge in [-0.1, -0.05) is 12.8 Å². The molecular formula is C28H38Cl2N2O5. The summed E-state index contributed by atoms with van der Waals surface area (Å²) in [6.45, 7) is 7.41. The summed E-state index contributed by atoms with van der Waals surface area (Å²) in [5, 5.41) is 0. The Morgan fingerprint density at radius 2 is 0.946 bits per heavy atom. The molecule has 9 heteroatoms. The highest BCUT2D eigenvalue weighted by molar-refractivity contribution is 6.28. The largest absolute Gasteiger partial charge is 0.492 e. The molecular weight excluding hydrogens is 515 g/mol. The van der Waals surface area contributed by atoms with Gasteiger partial charge in [0.05, 0.1) is 0 Å². The Balaban J connectivity index is 0.00000160. The van der Waals surface area contributed by atoms with Gasteiger partial charge in [-0.3, -0.25) is 19.4 Å². The van der Waals surface area contributed by atoms with E-state index < -0.39 is 0 Å². The molecule has 2 fully saturated rings. The number of ketones is 2. The maximum Gasteiger partial charge on any atom is 0.194 e. The Bertz CT molecular complexity index is 973. The highest BCUT2D eigenvalue weighted by Crippen LogP contribution is 2.32. The Morgan fingerprint density at radius 1 is 0.568 bits per heavy atom. The Kier molecular flexibility index (Phi) is 12.3. The first-order chi connectivity index (χ1) is 16.7. The van der Waals surface area contributed by atoms with Crippen molar-refractivity contribution >= 4 is 36.4 Å². The van der Waals surface area contributed by atoms with Crippen molar-refractivity contribution in [3.05, 3.63) is 58.7 Å². The molecule has 3 aliphatic rings. The summed E-state index contributed by atoms with van der Waals surface area (Å²) in [4.78, 5) is 31.2. The van der Waals surface area contributed by atoms with Crippen LogP contribution in [0.1, 0.15) is 70.4 Å². The van der Waals surface area contributed by atoms with E-state index in [2.05, 4.69) is 9.80 Å². The van der Waals surface area contributed by atoms with Gasteiger partial charge >= 0.3 is 0 Å². The molecule has 2 aromatic rings. The molecule has 2 aliphatic heterocycles. The van der Waals surface area contributed by atoms with Gasteiger partial charge in [0.15, 0.2) is 11.6 Å². The third kappa shape index (κ3) is 7.45. The lowest BCUT2D eigenvalue weighted by Gasteiger charge is -2.26. The van der Waals surface area contributed by atoms with Crippen LogP contribution in [0.5, 0.6) is 11.5 Å². The summed E-state index contributed by atoms with van der Waals surface area (Å²) in [5.74, 6) is 1.00. The maximum atomic E-state index is 13.3.